The van der Waals surface area contributed by atoms with Crippen molar-refractivity contribution in [3.63, 3.8) is 0 Å². The molecule has 1 saturated heterocycles. The lowest BCUT2D eigenvalue weighted by Gasteiger charge is -2.33. The summed E-state index contributed by atoms with van der Waals surface area (Å²) in [5, 5.41) is 8.85. The molecule has 0 aliphatic carbocycles. The Labute approximate surface area is 160 Å². The van der Waals surface area contributed by atoms with Crippen molar-refractivity contribution in [2.45, 2.75) is 18.4 Å². The van der Waals surface area contributed by atoms with E-state index in [4.69, 9.17) is 4.74 Å². The maximum atomic E-state index is 13.7. The van der Waals surface area contributed by atoms with E-state index in [9.17, 15) is 18.4 Å². The van der Waals surface area contributed by atoms with Gasteiger partial charge in [0.2, 0.25) is 0 Å². The summed E-state index contributed by atoms with van der Waals surface area (Å²) in [4.78, 5) is 24.2. The second-order valence-corrected chi connectivity index (χ2v) is 6.90. The van der Waals surface area contributed by atoms with Crippen LogP contribution in [0.25, 0.3) is 0 Å². The number of nitrogens with one attached hydrogen (secondary N) is 3. The molecule has 2 unspecified atom stereocenters. The molecule has 8 heteroatoms. The maximum absolute atomic E-state index is 13.7. The number of piperidine rings is 1. The van der Waals surface area contributed by atoms with Crippen molar-refractivity contribution in [1.29, 1.82) is 0 Å². The molecule has 0 radical (unpaired) electrons. The number of benzene rings is 2. The van der Waals surface area contributed by atoms with Crippen LogP contribution in [0.15, 0.2) is 36.4 Å². The third-order valence-corrected chi connectivity index (χ3v) is 5.04. The van der Waals surface area contributed by atoms with Crippen LogP contribution in [0.3, 0.4) is 0 Å². The zero-order valence-electron chi connectivity index (χ0n) is 14.9. The van der Waals surface area contributed by atoms with Gasteiger partial charge in [-0.1, -0.05) is 6.07 Å². The zero-order chi connectivity index (χ0) is 19.7. The zero-order valence-corrected chi connectivity index (χ0v) is 14.9. The molecule has 3 N–H and O–H groups in total. The number of fused-ring (bicyclic) bond motifs is 1. The fourth-order valence-corrected chi connectivity index (χ4v) is 3.63. The molecule has 4 rings (SSSR count). The summed E-state index contributed by atoms with van der Waals surface area (Å²) in [6.45, 7) is 1.18. The van der Waals surface area contributed by atoms with Gasteiger partial charge in [0, 0.05) is 24.1 Å². The van der Waals surface area contributed by atoms with Crippen LogP contribution in [0.2, 0.25) is 0 Å². The summed E-state index contributed by atoms with van der Waals surface area (Å²) in [6.07, 6.45) is 0.685. The number of hydrogen-bond acceptors (Lipinski definition) is 4. The molecule has 2 aromatic rings. The van der Waals surface area contributed by atoms with Crippen molar-refractivity contribution in [3.05, 3.63) is 59.2 Å². The minimum Gasteiger partial charge on any atom is -0.482 e. The molecular formula is C20H19F2N3O3. The number of carbonyl (C=O) groups is 2. The molecule has 0 saturated carbocycles. The molecule has 2 aromatic carbocycles. The summed E-state index contributed by atoms with van der Waals surface area (Å²) in [7, 11) is 0. The van der Waals surface area contributed by atoms with Crippen LogP contribution in [0.4, 0.5) is 14.5 Å². The summed E-state index contributed by atoms with van der Waals surface area (Å²) >= 11 is 0. The van der Waals surface area contributed by atoms with Crippen molar-refractivity contribution < 1.29 is 23.1 Å². The molecule has 2 amide bonds. The van der Waals surface area contributed by atoms with Crippen molar-refractivity contribution in [2.24, 2.45) is 0 Å². The van der Waals surface area contributed by atoms with Gasteiger partial charge in [-0.15, -0.1) is 0 Å². The molecule has 0 spiro atoms. The lowest BCUT2D eigenvalue weighted by Crippen LogP contribution is -2.50. The third-order valence-electron chi connectivity index (χ3n) is 5.04. The molecule has 1 fully saturated rings. The standard InChI is InChI=1S/C20H19F2N3O3/c21-14-3-1-11(7-15(14)22)13-5-6-23-9-17(13)25-20(27)12-2-4-18-16(8-12)24-19(26)10-28-18/h1-4,7-8,13,17,23H,5-6,9-10H2,(H,24,26)(H,25,27). The first-order chi connectivity index (χ1) is 13.5. The number of amides is 2. The Morgan fingerprint density at radius 2 is 2.00 bits per heavy atom. The topological polar surface area (TPSA) is 79.5 Å². The first kappa shape index (κ1) is 18.4. The van der Waals surface area contributed by atoms with Crippen LogP contribution < -0.4 is 20.7 Å². The Hall–Kier alpha value is -3.00. The maximum Gasteiger partial charge on any atom is 0.262 e. The van der Waals surface area contributed by atoms with E-state index >= 15 is 0 Å². The van der Waals surface area contributed by atoms with Gasteiger partial charge in [-0.25, -0.2) is 8.78 Å². The Morgan fingerprint density at radius 1 is 1.14 bits per heavy atom. The molecule has 28 heavy (non-hydrogen) atoms. The first-order valence-corrected chi connectivity index (χ1v) is 9.04. The van der Waals surface area contributed by atoms with Gasteiger partial charge in [0.1, 0.15) is 5.75 Å². The number of rotatable bonds is 3. The second kappa shape index (κ2) is 7.55. The third kappa shape index (κ3) is 3.68. The minimum atomic E-state index is -0.897. The summed E-state index contributed by atoms with van der Waals surface area (Å²) in [6, 6.07) is 8.38. The summed E-state index contributed by atoms with van der Waals surface area (Å²) in [5.74, 6) is -2.01. The number of hydrogen-bond donors (Lipinski definition) is 3. The molecule has 0 bridgehead atoms. The van der Waals surface area contributed by atoms with E-state index in [1.807, 2.05) is 0 Å². The molecule has 2 aliphatic rings. The highest BCUT2D eigenvalue weighted by atomic mass is 19.2. The van der Waals surface area contributed by atoms with E-state index in [1.165, 1.54) is 6.07 Å². The quantitative estimate of drug-likeness (QED) is 0.754. The Bertz CT molecular complexity index is 935. The number of ether oxygens (including phenoxy) is 1. The van der Waals surface area contributed by atoms with Crippen LogP contribution in [0.5, 0.6) is 5.75 Å². The highest BCUT2D eigenvalue weighted by Gasteiger charge is 2.29. The van der Waals surface area contributed by atoms with Crippen molar-refractivity contribution >= 4 is 17.5 Å². The van der Waals surface area contributed by atoms with Crippen molar-refractivity contribution in [2.75, 3.05) is 25.0 Å². The molecule has 146 valence electrons. The molecule has 6 nitrogen and oxygen atoms in total. The summed E-state index contributed by atoms with van der Waals surface area (Å²) in [5.41, 5.74) is 1.47. The number of halogens is 2. The normalized spacial score (nSPS) is 21.3. The average molecular weight is 387 g/mol. The molecule has 0 aromatic heterocycles. The van der Waals surface area contributed by atoms with Gasteiger partial charge in [0.05, 0.1) is 5.69 Å². The molecule has 2 heterocycles. The van der Waals surface area contributed by atoms with Crippen LogP contribution >= 0.6 is 0 Å². The van der Waals surface area contributed by atoms with Crippen molar-refractivity contribution in [1.82, 2.24) is 10.6 Å². The highest BCUT2D eigenvalue weighted by molar-refractivity contribution is 6.00. The predicted molar refractivity (Wildman–Crippen MR) is 98.4 cm³/mol. The van der Waals surface area contributed by atoms with Gasteiger partial charge in [-0.2, -0.15) is 0 Å². The van der Waals surface area contributed by atoms with E-state index in [0.29, 0.717) is 35.5 Å². The van der Waals surface area contributed by atoms with Gasteiger partial charge < -0.3 is 20.7 Å². The molecule has 2 aliphatic heterocycles. The monoisotopic (exact) mass is 387 g/mol. The molecule has 2 atom stereocenters. The SMILES string of the molecule is O=C1COc2ccc(C(=O)NC3CNCCC3c3ccc(F)c(F)c3)cc2N1. The Kier molecular flexibility index (Phi) is 4.95. The van der Waals surface area contributed by atoms with Gasteiger partial charge in [-0.3, -0.25) is 9.59 Å². The van der Waals surface area contributed by atoms with E-state index < -0.39 is 11.6 Å². The van der Waals surface area contributed by atoms with Crippen LogP contribution in [0.1, 0.15) is 28.3 Å². The van der Waals surface area contributed by atoms with Gasteiger partial charge in [0.15, 0.2) is 18.2 Å². The predicted octanol–water partition coefficient (Wildman–Crippen LogP) is 2.17. The van der Waals surface area contributed by atoms with Crippen LogP contribution in [-0.4, -0.2) is 37.6 Å². The number of anilines is 1. The highest BCUT2D eigenvalue weighted by Crippen LogP contribution is 2.30. The van der Waals surface area contributed by atoms with Gasteiger partial charge in [0.25, 0.3) is 11.8 Å². The van der Waals surface area contributed by atoms with Gasteiger partial charge in [-0.05, 0) is 48.9 Å². The van der Waals surface area contributed by atoms with E-state index in [2.05, 4.69) is 16.0 Å². The second-order valence-electron chi connectivity index (χ2n) is 6.90. The fourth-order valence-electron chi connectivity index (χ4n) is 3.63. The largest absolute Gasteiger partial charge is 0.482 e. The van der Waals surface area contributed by atoms with Crippen LogP contribution in [-0.2, 0) is 4.79 Å². The molecular weight excluding hydrogens is 368 g/mol. The fraction of sp³-hybridized carbons (Fsp3) is 0.300. The van der Waals surface area contributed by atoms with E-state index in [0.717, 1.165) is 12.6 Å². The average Bonchev–Trinajstić information content (AvgIpc) is 2.70. The lowest BCUT2D eigenvalue weighted by molar-refractivity contribution is -0.118. The first-order valence-electron chi connectivity index (χ1n) is 9.04. The van der Waals surface area contributed by atoms with Crippen molar-refractivity contribution in [3.8, 4) is 5.75 Å². The number of carbonyl (C=O) groups excluding carboxylic acids is 2. The van der Waals surface area contributed by atoms with Gasteiger partial charge >= 0.3 is 0 Å². The Balaban J connectivity index is 1.53. The Morgan fingerprint density at radius 3 is 2.82 bits per heavy atom. The van der Waals surface area contributed by atoms with Crippen LogP contribution in [0, 0.1) is 11.6 Å². The minimum absolute atomic E-state index is 0.0534. The lowest BCUT2D eigenvalue weighted by atomic mass is 9.85. The van der Waals surface area contributed by atoms with E-state index in [1.54, 1.807) is 24.3 Å². The smallest absolute Gasteiger partial charge is 0.262 e. The van der Waals surface area contributed by atoms with E-state index in [-0.39, 0.29) is 30.4 Å². The summed E-state index contributed by atoms with van der Waals surface area (Å²) < 4.78 is 32.2.